The molecule has 4 rings (SSSR count). The highest BCUT2D eigenvalue weighted by atomic mass is 16.1. The van der Waals surface area contributed by atoms with Gasteiger partial charge >= 0.3 is 0 Å². The number of carbonyl (C=O) groups is 1. The quantitative estimate of drug-likeness (QED) is 0.530. The van der Waals surface area contributed by atoms with Crippen LogP contribution < -0.4 is 9.47 Å². The van der Waals surface area contributed by atoms with E-state index >= 15 is 0 Å². The second-order valence-electron chi connectivity index (χ2n) is 7.44. The molecule has 2 heterocycles. The van der Waals surface area contributed by atoms with Crippen molar-refractivity contribution in [2.75, 3.05) is 11.9 Å². The van der Waals surface area contributed by atoms with Gasteiger partial charge in [-0.1, -0.05) is 50.2 Å². The average Bonchev–Trinajstić information content (AvgIpc) is 2.83. The lowest BCUT2D eigenvalue weighted by atomic mass is 9.83. The molecule has 130 valence electrons. The Morgan fingerprint density at radius 3 is 2.50 bits per heavy atom. The summed E-state index contributed by atoms with van der Waals surface area (Å²) in [6.45, 7) is 4.70. The van der Waals surface area contributed by atoms with Crippen LogP contribution in [0.25, 0.3) is 10.8 Å². The summed E-state index contributed by atoms with van der Waals surface area (Å²) >= 11 is 0. The first-order valence-electron chi connectivity index (χ1n) is 8.93. The van der Waals surface area contributed by atoms with Gasteiger partial charge in [-0.15, -0.1) is 0 Å². The lowest BCUT2D eigenvalue weighted by Gasteiger charge is -2.23. The van der Waals surface area contributed by atoms with E-state index in [1.54, 1.807) is 0 Å². The van der Waals surface area contributed by atoms with Crippen molar-refractivity contribution in [1.82, 2.24) is 0 Å². The Morgan fingerprint density at radius 1 is 1.04 bits per heavy atom. The van der Waals surface area contributed by atoms with Crippen LogP contribution in [0.4, 0.5) is 5.69 Å². The summed E-state index contributed by atoms with van der Waals surface area (Å²) in [4.78, 5) is 14.9. The minimum atomic E-state index is -0.172. The maximum atomic E-state index is 12.8. The number of likely N-dealkylation sites (N-methyl/N-ethyl adjacent to an activating group) is 1. The molecule has 2 aromatic carbocycles. The molecule has 0 spiro atoms. The molecule has 0 aliphatic carbocycles. The van der Waals surface area contributed by atoms with Gasteiger partial charge in [0, 0.05) is 41.4 Å². The second-order valence-corrected chi connectivity index (χ2v) is 7.44. The summed E-state index contributed by atoms with van der Waals surface area (Å²) < 4.78 is 1.96. The Labute approximate surface area is 154 Å². The van der Waals surface area contributed by atoms with E-state index in [1.807, 2.05) is 48.3 Å². The number of anilines is 1. The van der Waals surface area contributed by atoms with Crippen molar-refractivity contribution in [3.8, 4) is 0 Å². The molecule has 0 amide bonds. The number of benzene rings is 2. The molecule has 0 saturated carbocycles. The van der Waals surface area contributed by atoms with Gasteiger partial charge < -0.3 is 4.90 Å². The third kappa shape index (κ3) is 2.70. The Bertz CT molecular complexity index is 1030. The molecule has 0 radical (unpaired) electrons. The third-order valence-corrected chi connectivity index (χ3v) is 5.32. The Balaban J connectivity index is 1.62. The number of fused-ring (bicyclic) bond motifs is 2. The molecule has 0 N–H and O–H groups in total. The minimum Gasteiger partial charge on any atom is -0.347 e. The highest BCUT2D eigenvalue weighted by Gasteiger charge is 2.38. The van der Waals surface area contributed by atoms with Crippen LogP contribution in [0.3, 0.4) is 0 Å². The van der Waals surface area contributed by atoms with Crippen LogP contribution in [0, 0.1) is 0 Å². The number of carbonyl (C=O) groups excluding carboxylic acids is 1. The fraction of sp³-hybridized carbons (Fsp3) is 0.217. The highest BCUT2D eigenvalue weighted by Crippen LogP contribution is 2.46. The van der Waals surface area contributed by atoms with E-state index in [0.29, 0.717) is 6.54 Å². The minimum absolute atomic E-state index is 0.105. The van der Waals surface area contributed by atoms with Crippen molar-refractivity contribution in [1.29, 1.82) is 0 Å². The number of allylic oxidation sites excluding steroid dienone is 2. The van der Waals surface area contributed by atoms with E-state index in [2.05, 4.69) is 55.1 Å². The van der Waals surface area contributed by atoms with Crippen LogP contribution in [-0.2, 0) is 16.8 Å². The normalized spacial score (nSPS) is 16.9. The van der Waals surface area contributed by atoms with Gasteiger partial charge in [-0.05, 0) is 23.1 Å². The molecule has 3 aromatic rings. The first-order chi connectivity index (χ1) is 12.5. The number of ketones is 1. The van der Waals surface area contributed by atoms with Crippen molar-refractivity contribution in [2.45, 2.75) is 25.8 Å². The van der Waals surface area contributed by atoms with E-state index < -0.39 is 0 Å². The number of para-hydroxylation sites is 1. The maximum absolute atomic E-state index is 12.8. The molecule has 3 heteroatoms. The molecule has 26 heavy (non-hydrogen) atoms. The molecule has 1 aliphatic rings. The molecule has 0 atom stereocenters. The summed E-state index contributed by atoms with van der Waals surface area (Å²) in [5, 5.41) is 2.32. The van der Waals surface area contributed by atoms with E-state index in [-0.39, 0.29) is 11.2 Å². The van der Waals surface area contributed by atoms with Crippen LogP contribution in [0.5, 0.6) is 0 Å². The van der Waals surface area contributed by atoms with E-state index in [4.69, 9.17) is 0 Å². The van der Waals surface area contributed by atoms with E-state index in [0.717, 1.165) is 11.1 Å². The number of nitrogens with zero attached hydrogens (tertiary/aromatic N) is 2. The number of hydrogen-bond donors (Lipinski definition) is 0. The fourth-order valence-electron chi connectivity index (χ4n) is 3.91. The van der Waals surface area contributed by atoms with Crippen LogP contribution in [0.2, 0.25) is 0 Å². The van der Waals surface area contributed by atoms with Crippen molar-refractivity contribution in [2.24, 2.45) is 0 Å². The molecule has 0 saturated heterocycles. The molecule has 0 unspecified atom stereocenters. The predicted octanol–water partition coefficient (Wildman–Crippen LogP) is 4.01. The topological polar surface area (TPSA) is 24.2 Å². The van der Waals surface area contributed by atoms with Gasteiger partial charge in [-0.3, -0.25) is 4.79 Å². The number of hydrogen-bond acceptors (Lipinski definition) is 2. The lowest BCUT2D eigenvalue weighted by Crippen LogP contribution is -2.37. The van der Waals surface area contributed by atoms with Gasteiger partial charge in [-0.2, -0.15) is 4.57 Å². The molecule has 0 bridgehead atoms. The van der Waals surface area contributed by atoms with Gasteiger partial charge in [0.05, 0.1) is 0 Å². The van der Waals surface area contributed by atoms with Gasteiger partial charge in [-0.25, -0.2) is 0 Å². The lowest BCUT2D eigenvalue weighted by molar-refractivity contribution is -0.682. The Hall–Kier alpha value is -2.94. The zero-order valence-corrected chi connectivity index (χ0v) is 15.4. The zero-order valence-electron chi connectivity index (χ0n) is 15.4. The van der Waals surface area contributed by atoms with E-state index in [9.17, 15) is 4.79 Å². The molecular weight excluding hydrogens is 320 g/mol. The summed E-state index contributed by atoms with van der Waals surface area (Å²) in [5.41, 5.74) is 3.31. The summed E-state index contributed by atoms with van der Waals surface area (Å²) in [6, 6.07) is 18.6. The standard InChI is InChI=1S/C23H23N2O/c1-23(2)20-10-6-7-11-21(20)24(3)22(23)14-19(26)16-25-13-12-17-8-4-5-9-18(17)15-25/h4-15H,16H2,1-3H3/q+1/b22-14+. The van der Waals surface area contributed by atoms with Crippen molar-refractivity contribution < 1.29 is 9.36 Å². The van der Waals surface area contributed by atoms with Crippen molar-refractivity contribution in [3.05, 3.63) is 84.3 Å². The summed E-state index contributed by atoms with van der Waals surface area (Å²) in [6.07, 6.45) is 5.81. The predicted molar refractivity (Wildman–Crippen MR) is 105 cm³/mol. The van der Waals surface area contributed by atoms with E-state index in [1.165, 1.54) is 16.6 Å². The van der Waals surface area contributed by atoms with Gasteiger partial charge in [0.2, 0.25) is 12.3 Å². The Morgan fingerprint density at radius 2 is 1.73 bits per heavy atom. The fourth-order valence-corrected chi connectivity index (χ4v) is 3.91. The van der Waals surface area contributed by atoms with Gasteiger partial charge in [0.1, 0.15) is 0 Å². The number of rotatable bonds is 3. The van der Waals surface area contributed by atoms with Gasteiger partial charge in [0.25, 0.3) is 0 Å². The van der Waals surface area contributed by atoms with Crippen LogP contribution >= 0.6 is 0 Å². The smallest absolute Gasteiger partial charge is 0.222 e. The summed E-state index contributed by atoms with van der Waals surface area (Å²) in [5.74, 6) is 0.105. The number of pyridine rings is 1. The molecule has 1 aromatic heterocycles. The largest absolute Gasteiger partial charge is 0.347 e. The Kier molecular flexibility index (Phi) is 3.87. The zero-order chi connectivity index (χ0) is 18.3. The first-order valence-corrected chi connectivity index (χ1v) is 8.93. The molecule has 3 nitrogen and oxygen atoms in total. The first kappa shape index (κ1) is 16.5. The number of aromatic nitrogens is 1. The van der Waals surface area contributed by atoms with Crippen LogP contribution in [-0.4, -0.2) is 12.8 Å². The van der Waals surface area contributed by atoms with Crippen molar-refractivity contribution >= 4 is 22.2 Å². The second kappa shape index (κ2) is 6.10. The van der Waals surface area contributed by atoms with Gasteiger partial charge in [0.15, 0.2) is 12.4 Å². The molecular formula is C23H23N2O+. The maximum Gasteiger partial charge on any atom is 0.222 e. The molecule has 0 fully saturated rings. The summed E-state index contributed by atoms with van der Waals surface area (Å²) in [7, 11) is 2.04. The van der Waals surface area contributed by atoms with Crippen molar-refractivity contribution in [3.63, 3.8) is 0 Å². The SMILES string of the molecule is CN1/C(=C/C(=O)C[n+]2ccc3ccccc3c2)C(C)(C)c2ccccc21. The molecule has 1 aliphatic heterocycles. The van der Waals surface area contributed by atoms with Crippen LogP contribution in [0.15, 0.2) is 78.8 Å². The monoisotopic (exact) mass is 343 g/mol. The highest BCUT2D eigenvalue weighted by molar-refractivity contribution is 5.91. The van der Waals surface area contributed by atoms with Crippen LogP contribution in [0.1, 0.15) is 19.4 Å². The third-order valence-electron chi connectivity index (χ3n) is 5.32. The average molecular weight is 343 g/mol.